The van der Waals surface area contributed by atoms with Gasteiger partial charge in [0.1, 0.15) is 12.3 Å². The lowest BCUT2D eigenvalue weighted by atomic mass is 10.1. The van der Waals surface area contributed by atoms with Crippen LogP contribution < -0.4 is 10.1 Å². The Morgan fingerprint density at radius 3 is 2.93 bits per heavy atom. The van der Waals surface area contributed by atoms with E-state index in [1.54, 1.807) is 0 Å². The maximum atomic E-state index is 12.6. The monoisotopic (exact) mass is 400 g/mol. The van der Waals surface area contributed by atoms with Crippen molar-refractivity contribution in [3.63, 3.8) is 0 Å². The maximum Gasteiger partial charge on any atom is 0.246 e. The number of hydrogen-bond donors (Lipinski definition) is 2. The SMILES string of the molecule is O=C1CN2Cc3c(cccc3OCCCC(=O)N(CCO)C3CCCC3)N=C2N1. The molecule has 0 aromatic heterocycles. The van der Waals surface area contributed by atoms with Crippen LogP contribution in [0.5, 0.6) is 5.75 Å². The van der Waals surface area contributed by atoms with E-state index < -0.39 is 0 Å². The van der Waals surface area contributed by atoms with E-state index >= 15 is 0 Å². The van der Waals surface area contributed by atoms with Crippen molar-refractivity contribution in [1.82, 2.24) is 15.1 Å². The Morgan fingerprint density at radius 2 is 2.14 bits per heavy atom. The number of carbonyl (C=O) groups is 2. The van der Waals surface area contributed by atoms with Crippen LogP contribution in [0.25, 0.3) is 0 Å². The van der Waals surface area contributed by atoms with Crippen molar-refractivity contribution >= 4 is 23.5 Å². The Bertz CT molecular complexity index is 804. The molecule has 8 nitrogen and oxygen atoms in total. The average molecular weight is 400 g/mol. The van der Waals surface area contributed by atoms with Gasteiger partial charge >= 0.3 is 0 Å². The molecule has 1 saturated heterocycles. The highest BCUT2D eigenvalue weighted by molar-refractivity contribution is 6.05. The van der Waals surface area contributed by atoms with E-state index in [0.29, 0.717) is 45.0 Å². The molecule has 156 valence electrons. The summed E-state index contributed by atoms with van der Waals surface area (Å²) in [4.78, 5) is 32.5. The molecular weight excluding hydrogens is 372 g/mol. The molecule has 0 atom stereocenters. The van der Waals surface area contributed by atoms with Crippen molar-refractivity contribution < 1.29 is 19.4 Å². The predicted octanol–water partition coefficient (Wildman–Crippen LogP) is 1.54. The first-order chi connectivity index (χ1) is 14.2. The smallest absolute Gasteiger partial charge is 0.246 e. The number of fused-ring (bicyclic) bond motifs is 2. The fourth-order valence-electron chi connectivity index (χ4n) is 4.36. The van der Waals surface area contributed by atoms with E-state index in [2.05, 4.69) is 10.3 Å². The normalized spacial score (nSPS) is 18.2. The largest absolute Gasteiger partial charge is 0.493 e. The van der Waals surface area contributed by atoms with Gasteiger partial charge in [-0.25, -0.2) is 4.99 Å². The third-order valence-corrected chi connectivity index (χ3v) is 5.79. The number of aliphatic imine (C=N–C) groups is 1. The van der Waals surface area contributed by atoms with Crippen LogP contribution in [0.3, 0.4) is 0 Å². The van der Waals surface area contributed by atoms with Crippen molar-refractivity contribution in [1.29, 1.82) is 0 Å². The van der Waals surface area contributed by atoms with Crippen LogP contribution in [0.2, 0.25) is 0 Å². The molecule has 1 aromatic carbocycles. The van der Waals surface area contributed by atoms with Gasteiger partial charge in [-0.3, -0.25) is 14.9 Å². The zero-order valence-corrected chi connectivity index (χ0v) is 16.6. The zero-order chi connectivity index (χ0) is 20.2. The molecule has 0 spiro atoms. The number of hydrogen-bond acceptors (Lipinski definition) is 6. The lowest BCUT2D eigenvalue weighted by Crippen LogP contribution is -2.40. The minimum Gasteiger partial charge on any atom is -0.493 e. The first-order valence-corrected chi connectivity index (χ1v) is 10.4. The van der Waals surface area contributed by atoms with Gasteiger partial charge < -0.3 is 19.6 Å². The summed E-state index contributed by atoms with van der Waals surface area (Å²) in [6, 6.07) is 5.98. The molecule has 2 N–H and O–H groups in total. The molecule has 1 aliphatic carbocycles. The number of rotatable bonds is 8. The first kappa shape index (κ1) is 19.7. The molecule has 0 bridgehead atoms. The molecule has 2 fully saturated rings. The van der Waals surface area contributed by atoms with Gasteiger partial charge in [0.15, 0.2) is 0 Å². The molecule has 0 radical (unpaired) electrons. The number of guanidine groups is 1. The standard InChI is InChI=1S/C21H28N4O4/c26-11-10-25(15-5-1-2-6-15)20(28)9-4-12-29-18-8-3-7-17-16(18)13-24-14-19(27)23-21(24)22-17/h3,7-8,15,26H,1-2,4-6,9-14H2,(H,22,23,27). The molecule has 2 heterocycles. The average Bonchev–Trinajstić information content (AvgIpc) is 3.36. The number of nitrogens with one attached hydrogen (secondary N) is 1. The Morgan fingerprint density at radius 1 is 1.31 bits per heavy atom. The van der Waals surface area contributed by atoms with Crippen molar-refractivity contribution in [2.45, 2.75) is 51.1 Å². The van der Waals surface area contributed by atoms with Gasteiger partial charge in [-0.05, 0) is 31.4 Å². The van der Waals surface area contributed by atoms with E-state index in [9.17, 15) is 14.7 Å². The summed E-state index contributed by atoms with van der Waals surface area (Å²) in [6.07, 6.45) is 5.42. The van der Waals surface area contributed by atoms with Crippen molar-refractivity contribution in [3.05, 3.63) is 23.8 Å². The second-order valence-corrected chi connectivity index (χ2v) is 7.79. The van der Waals surface area contributed by atoms with E-state index in [1.165, 1.54) is 0 Å². The van der Waals surface area contributed by atoms with Gasteiger partial charge in [-0.2, -0.15) is 0 Å². The Hall–Kier alpha value is -2.61. The summed E-state index contributed by atoms with van der Waals surface area (Å²) < 4.78 is 5.97. The minimum atomic E-state index is -0.0489. The molecule has 1 saturated carbocycles. The third kappa shape index (κ3) is 4.37. The van der Waals surface area contributed by atoms with Crippen LogP contribution in [0.15, 0.2) is 23.2 Å². The number of benzene rings is 1. The van der Waals surface area contributed by atoms with Gasteiger partial charge in [-0.15, -0.1) is 0 Å². The van der Waals surface area contributed by atoms with Gasteiger partial charge in [-0.1, -0.05) is 18.9 Å². The lowest BCUT2D eigenvalue weighted by molar-refractivity contribution is -0.134. The molecule has 0 unspecified atom stereocenters. The second kappa shape index (κ2) is 8.82. The summed E-state index contributed by atoms with van der Waals surface area (Å²) in [5.74, 6) is 1.40. The molecule has 29 heavy (non-hydrogen) atoms. The zero-order valence-electron chi connectivity index (χ0n) is 16.6. The molecule has 2 aliphatic heterocycles. The predicted molar refractivity (Wildman–Crippen MR) is 108 cm³/mol. The van der Waals surface area contributed by atoms with Gasteiger partial charge in [0, 0.05) is 24.6 Å². The van der Waals surface area contributed by atoms with Crippen molar-refractivity contribution in [2.75, 3.05) is 26.3 Å². The van der Waals surface area contributed by atoms with Crippen LogP contribution >= 0.6 is 0 Å². The number of amides is 2. The highest BCUT2D eigenvalue weighted by atomic mass is 16.5. The van der Waals surface area contributed by atoms with Crippen molar-refractivity contribution in [3.8, 4) is 5.75 Å². The topological polar surface area (TPSA) is 94.5 Å². The van der Waals surface area contributed by atoms with Gasteiger partial charge in [0.25, 0.3) is 0 Å². The summed E-state index contributed by atoms with van der Waals surface area (Å²) in [5.41, 5.74) is 1.77. The fourth-order valence-corrected chi connectivity index (χ4v) is 4.36. The number of ether oxygens (including phenoxy) is 1. The van der Waals surface area contributed by atoms with Crippen LogP contribution in [-0.4, -0.2) is 65.0 Å². The Balaban J connectivity index is 1.31. The quantitative estimate of drug-likeness (QED) is 0.646. The number of carbonyl (C=O) groups excluding carboxylic acids is 2. The molecule has 8 heteroatoms. The maximum absolute atomic E-state index is 12.6. The Labute approximate surface area is 170 Å². The molecule has 2 amide bonds. The van der Waals surface area contributed by atoms with E-state index in [4.69, 9.17) is 4.74 Å². The van der Waals surface area contributed by atoms with Crippen LogP contribution in [0.4, 0.5) is 5.69 Å². The van der Waals surface area contributed by atoms with E-state index in [-0.39, 0.29) is 24.5 Å². The lowest BCUT2D eigenvalue weighted by Gasteiger charge is -2.28. The number of aliphatic hydroxyl groups is 1. The second-order valence-electron chi connectivity index (χ2n) is 7.79. The summed E-state index contributed by atoms with van der Waals surface area (Å²) >= 11 is 0. The van der Waals surface area contributed by atoms with Crippen LogP contribution in [0, 0.1) is 0 Å². The van der Waals surface area contributed by atoms with Crippen LogP contribution in [-0.2, 0) is 16.1 Å². The summed E-state index contributed by atoms with van der Waals surface area (Å²) in [5, 5.41) is 12.1. The minimum absolute atomic E-state index is 0.00522. The van der Waals surface area contributed by atoms with Crippen LogP contribution in [0.1, 0.15) is 44.1 Å². The van der Waals surface area contributed by atoms with E-state index in [0.717, 1.165) is 42.7 Å². The molecule has 4 rings (SSSR count). The summed E-state index contributed by atoms with van der Waals surface area (Å²) in [7, 11) is 0. The highest BCUT2D eigenvalue weighted by Gasteiger charge is 2.30. The number of nitrogens with zero attached hydrogens (tertiary/aromatic N) is 3. The molecule has 1 aromatic rings. The molecular formula is C21H28N4O4. The Kier molecular flexibility index (Phi) is 5.99. The van der Waals surface area contributed by atoms with E-state index in [1.807, 2.05) is 28.0 Å². The van der Waals surface area contributed by atoms with Gasteiger partial charge in [0.05, 0.1) is 25.4 Å². The summed E-state index contributed by atoms with van der Waals surface area (Å²) in [6.45, 7) is 1.75. The van der Waals surface area contributed by atoms with Gasteiger partial charge in [0.2, 0.25) is 17.8 Å². The van der Waals surface area contributed by atoms with Crippen molar-refractivity contribution in [2.24, 2.45) is 4.99 Å². The highest BCUT2D eigenvalue weighted by Crippen LogP contribution is 2.34. The third-order valence-electron chi connectivity index (χ3n) is 5.79. The number of aliphatic hydroxyl groups excluding tert-OH is 1. The first-order valence-electron chi connectivity index (χ1n) is 10.4. The molecule has 3 aliphatic rings. The fraction of sp³-hybridized carbons (Fsp3) is 0.571.